The Morgan fingerprint density at radius 2 is 1.65 bits per heavy atom. The summed E-state index contributed by atoms with van der Waals surface area (Å²) in [5.74, 6) is 0.231. The summed E-state index contributed by atoms with van der Waals surface area (Å²) in [5, 5.41) is 0. The van der Waals surface area contributed by atoms with Crippen LogP contribution in [0.15, 0.2) is 0 Å². The van der Waals surface area contributed by atoms with Gasteiger partial charge in [-0.25, -0.2) is 0 Å². The fourth-order valence-electron chi connectivity index (χ4n) is 3.48. The summed E-state index contributed by atoms with van der Waals surface area (Å²) in [6.07, 6.45) is 9.77. The van der Waals surface area contributed by atoms with Crippen molar-refractivity contribution >= 4 is 18.3 Å². The molecule has 2 aliphatic carbocycles. The third-order valence-electron chi connectivity index (χ3n) is 4.85. The summed E-state index contributed by atoms with van der Waals surface area (Å²) in [7, 11) is 0. The highest BCUT2D eigenvalue weighted by molar-refractivity contribution is 5.89. The van der Waals surface area contributed by atoms with Crippen LogP contribution < -0.4 is 5.73 Å². The van der Waals surface area contributed by atoms with Gasteiger partial charge in [0.25, 0.3) is 0 Å². The molecule has 0 radical (unpaired) electrons. The lowest BCUT2D eigenvalue weighted by Gasteiger charge is -2.33. The largest absolute Gasteiger partial charge is 0.341 e. The van der Waals surface area contributed by atoms with Gasteiger partial charge in [0.05, 0.1) is 5.54 Å². The summed E-state index contributed by atoms with van der Waals surface area (Å²) in [4.78, 5) is 14.2. The number of halogens is 1. The lowest BCUT2D eigenvalue weighted by atomic mass is 9.73. The molecule has 4 heteroatoms. The number of likely N-dealkylation sites (tertiary alicyclic amines) is 1. The van der Waals surface area contributed by atoms with Crippen molar-refractivity contribution in [3.8, 4) is 0 Å². The molecule has 0 bridgehead atoms. The number of carbonyl (C=O) groups is 1. The van der Waals surface area contributed by atoms with Gasteiger partial charge in [-0.3, -0.25) is 4.79 Å². The van der Waals surface area contributed by atoms with Gasteiger partial charge in [-0.15, -0.1) is 12.4 Å². The minimum atomic E-state index is -0.458. The van der Waals surface area contributed by atoms with Crippen LogP contribution in [0.4, 0.5) is 0 Å². The highest BCUT2D eigenvalue weighted by Crippen LogP contribution is 2.45. The minimum Gasteiger partial charge on any atom is -0.341 e. The molecule has 1 saturated heterocycles. The second-order valence-corrected chi connectivity index (χ2v) is 6.19. The molecule has 1 aliphatic heterocycles. The van der Waals surface area contributed by atoms with Crippen molar-refractivity contribution in [1.29, 1.82) is 0 Å². The molecule has 2 saturated carbocycles. The number of carbonyl (C=O) groups excluding carboxylic acids is 1. The maximum atomic E-state index is 12.2. The number of rotatable bonds is 1. The average Bonchev–Trinajstić information content (AvgIpc) is 2.92. The zero-order chi connectivity index (χ0) is 11.2. The third-order valence-corrected chi connectivity index (χ3v) is 4.85. The van der Waals surface area contributed by atoms with Gasteiger partial charge in [0.1, 0.15) is 0 Å². The monoisotopic (exact) mass is 258 g/mol. The van der Waals surface area contributed by atoms with Crippen LogP contribution in [0.2, 0.25) is 0 Å². The van der Waals surface area contributed by atoms with Crippen molar-refractivity contribution in [2.45, 2.75) is 56.9 Å². The summed E-state index contributed by atoms with van der Waals surface area (Å²) >= 11 is 0. The lowest BCUT2D eigenvalue weighted by Crippen LogP contribution is -2.45. The van der Waals surface area contributed by atoms with E-state index in [0.717, 1.165) is 25.9 Å². The first-order valence-electron chi connectivity index (χ1n) is 6.72. The summed E-state index contributed by atoms with van der Waals surface area (Å²) in [6.45, 7) is 1.95. The molecule has 3 nitrogen and oxygen atoms in total. The fourth-order valence-corrected chi connectivity index (χ4v) is 3.48. The number of amides is 1. The molecule has 0 unspecified atom stereocenters. The smallest absolute Gasteiger partial charge is 0.242 e. The van der Waals surface area contributed by atoms with Crippen LogP contribution in [0.5, 0.6) is 0 Å². The molecule has 2 N–H and O–H groups in total. The Balaban J connectivity index is 0.00000108. The first-order valence-corrected chi connectivity index (χ1v) is 6.72. The molecule has 0 aromatic rings. The summed E-state index contributed by atoms with van der Waals surface area (Å²) in [6, 6.07) is 0. The molecule has 1 heterocycles. The lowest BCUT2D eigenvalue weighted by molar-refractivity contribution is -0.133. The number of nitrogens with zero attached hydrogens (tertiary/aromatic N) is 1. The summed E-state index contributed by atoms with van der Waals surface area (Å²) in [5.41, 5.74) is 6.01. The molecule has 1 amide bonds. The molecule has 0 aromatic carbocycles. The van der Waals surface area contributed by atoms with Gasteiger partial charge in [-0.05, 0) is 37.5 Å². The quantitative estimate of drug-likeness (QED) is 0.783. The predicted octanol–water partition coefficient (Wildman–Crippen LogP) is 2.08. The first kappa shape index (κ1) is 13.2. The number of hydrogen-bond acceptors (Lipinski definition) is 2. The van der Waals surface area contributed by atoms with Crippen LogP contribution in [0.25, 0.3) is 0 Å². The Bertz CT molecular complexity index is 309. The molecule has 98 valence electrons. The molecule has 3 fully saturated rings. The second kappa shape index (κ2) is 4.43. The highest BCUT2D eigenvalue weighted by atomic mass is 35.5. The van der Waals surface area contributed by atoms with E-state index in [0.29, 0.717) is 5.41 Å². The van der Waals surface area contributed by atoms with E-state index in [1.165, 1.54) is 38.5 Å². The Labute approximate surface area is 110 Å². The average molecular weight is 259 g/mol. The van der Waals surface area contributed by atoms with Crippen molar-refractivity contribution < 1.29 is 4.79 Å². The Kier molecular flexibility index (Phi) is 3.43. The Morgan fingerprint density at radius 3 is 2.24 bits per heavy atom. The van der Waals surface area contributed by atoms with Gasteiger partial charge in [0, 0.05) is 13.1 Å². The Hall–Kier alpha value is -0.280. The standard InChI is InChI=1S/C13H22N2O.ClH/c14-13(6-7-13)11(16)15-9-8-12(10-15)4-2-1-3-5-12;/h1-10,14H2;1H. The van der Waals surface area contributed by atoms with E-state index in [2.05, 4.69) is 4.90 Å². The van der Waals surface area contributed by atoms with Crippen LogP contribution in [0.3, 0.4) is 0 Å². The fraction of sp³-hybridized carbons (Fsp3) is 0.923. The van der Waals surface area contributed by atoms with E-state index in [-0.39, 0.29) is 18.3 Å². The van der Waals surface area contributed by atoms with E-state index >= 15 is 0 Å². The van der Waals surface area contributed by atoms with E-state index in [1.54, 1.807) is 0 Å². The maximum Gasteiger partial charge on any atom is 0.242 e. The van der Waals surface area contributed by atoms with E-state index in [1.807, 2.05) is 0 Å². The van der Waals surface area contributed by atoms with Crippen LogP contribution in [0.1, 0.15) is 51.4 Å². The zero-order valence-electron chi connectivity index (χ0n) is 10.4. The third kappa shape index (κ3) is 2.32. The Morgan fingerprint density at radius 1 is 1.00 bits per heavy atom. The molecule has 0 aromatic heterocycles. The summed E-state index contributed by atoms with van der Waals surface area (Å²) < 4.78 is 0. The zero-order valence-corrected chi connectivity index (χ0v) is 11.2. The van der Waals surface area contributed by atoms with Crippen molar-refractivity contribution in [2.24, 2.45) is 11.1 Å². The predicted molar refractivity (Wildman–Crippen MR) is 70.1 cm³/mol. The highest BCUT2D eigenvalue weighted by Gasteiger charge is 2.51. The molecule has 3 aliphatic rings. The van der Waals surface area contributed by atoms with Crippen molar-refractivity contribution in [3.63, 3.8) is 0 Å². The van der Waals surface area contributed by atoms with Gasteiger partial charge < -0.3 is 10.6 Å². The van der Waals surface area contributed by atoms with Crippen LogP contribution in [-0.2, 0) is 4.79 Å². The molecule has 17 heavy (non-hydrogen) atoms. The minimum absolute atomic E-state index is 0. The van der Waals surface area contributed by atoms with E-state index in [4.69, 9.17) is 5.73 Å². The van der Waals surface area contributed by atoms with Crippen LogP contribution in [0, 0.1) is 5.41 Å². The topological polar surface area (TPSA) is 46.3 Å². The van der Waals surface area contributed by atoms with Gasteiger partial charge in [-0.1, -0.05) is 19.3 Å². The molecular weight excluding hydrogens is 236 g/mol. The van der Waals surface area contributed by atoms with Crippen molar-refractivity contribution in [1.82, 2.24) is 4.90 Å². The van der Waals surface area contributed by atoms with Crippen LogP contribution >= 0.6 is 12.4 Å². The van der Waals surface area contributed by atoms with Gasteiger partial charge in [-0.2, -0.15) is 0 Å². The van der Waals surface area contributed by atoms with Gasteiger partial charge >= 0.3 is 0 Å². The van der Waals surface area contributed by atoms with Gasteiger partial charge in [0.2, 0.25) is 5.91 Å². The first-order chi connectivity index (χ1) is 7.64. The number of hydrogen-bond donors (Lipinski definition) is 1. The maximum absolute atomic E-state index is 12.2. The molecule has 0 atom stereocenters. The molecular formula is C13H23ClN2O. The van der Waals surface area contributed by atoms with E-state index < -0.39 is 5.54 Å². The van der Waals surface area contributed by atoms with Crippen molar-refractivity contribution in [3.05, 3.63) is 0 Å². The molecule has 1 spiro atoms. The van der Waals surface area contributed by atoms with E-state index in [9.17, 15) is 4.79 Å². The van der Waals surface area contributed by atoms with Gasteiger partial charge in [0.15, 0.2) is 0 Å². The normalized spacial score (nSPS) is 28.9. The second-order valence-electron chi connectivity index (χ2n) is 6.19. The van der Waals surface area contributed by atoms with Crippen LogP contribution in [-0.4, -0.2) is 29.4 Å². The SMILES string of the molecule is Cl.NC1(C(=O)N2CCC3(CCCCC3)C2)CC1. The molecule has 3 rings (SSSR count). The van der Waals surface area contributed by atoms with Crippen molar-refractivity contribution in [2.75, 3.05) is 13.1 Å². The number of nitrogens with two attached hydrogens (primary N) is 1.